The molecule has 37 heavy (non-hydrogen) atoms. The van der Waals surface area contributed by atoms with Gasteiger partial charge in [0.05, 0.1) is 29.1 Å². The largest absolute Gasteiger partial charge is 0.496 e. The lowest BCUT2D eigenvalue weighted by atomic mass is 9.86. The first-order chi connectivity index (χ1) is 17.8. The number of carbonyl (C=O) groups excluding carboxylic acids is 2. The number of nitrogens with zero attached hydrogens (tertiary/aromatic N) is 3. The number of aromatic nitrogens is 2. The van der Waals surface area contributed by atoms with E-state index in [1.165, 1.54) is 0 Å². The van der Waals surface area contributed by atoms with Crippen molar-refractivity contribution in [3.8, 4) is 28.3 Å². The van der Waals surface area contributed by atoms with Crippen molar-refractivity contribution >= 4 is 41.1 Å². The SMILES string of the molecule is COc1ccc(C=O)cc1-c1nc2c(n1C(C)C)C1c3ccc(Cl)cc3-c3c(Cl)ccc(C)c3N1C2=O. The van der Waals surface area contributed by atoms with Crippen LogP contribution in [0.5, 0.6) is 5.75 Å². The molecule has 1 aromatic heterocycles. The first-order valence-corrected chi connectivity index (χ1v) is 12.7. The smallest absolute Gasteiger partial charge is 0.279 e. The standard InChI is InChI=1S/C29H23Cl2N3O3/c1-14(2)33-27-24(32-28(33)20-11-16(13-35)6-10-22(20)37-4)29(36)34-25-15(3)5-9-21(31)23(25)19-12-17(30)7-8-18(19)26(27)34/h5-14,26H,1-4H3. The summed E-state index contributed by atoms with van der Waals surface area (Å²) in [6.07, 6.45) is 0.788. The van der Waals surface area contributed by atoms with Crippen LogP contribution in [0.15, 0.2) is 48.5 Å². The number of benzene rings is 3. The Hall–Kier alpha value is -3.61. The average Bonchev–Trinajstić information content (AvgIpc) is 3.41. The van der Waals surface area contributed by atoms with Crippen molar-refractivity contribution in [1.29, 1.82) is 0 Å². The number of rotatable bonds is 4. The van der Waals surface area contributed by atoms with E-state index in [4.69, 9.17) is 32.9 Å². The molecule has 3 heterocycles. The molecule has 1 atom stereocenters. The number of carbonyl (C=O) groups is 2. The van der Waals surface area contributed by atoms with E-state index in [-0.39, 0.29) is 11.9 Å². The third kappa shape index (κ3) is 3.29. The second-order valence-electron chi connectivity index (χ2n) is 9.61. The summed E-state index contributed by atoms with van der Waals surface area (Å²) in [5, 5.41) is 1.15. The van der Waals surface area contributed by atoms with E-state index in [9.17, 15) is 9.59 Å². The molecule has 0 saturated carbocycles. The van der Waals surface area contributed by atoms with Gasteiger partial charge in [-0.05, 0) is 73.9 Å². The molecular formula is C29H23Cl2N3O3. The molecule has 0 radical (unpaired) electrons. The Bertz CT molecular complexity index is 1640. The van der Waals surface area contributed by atoms with E-state index in [1.54, 1.807) is 25.3 Å². The molecule has 6 rings (SSSR count). The van der Waals surface area contributed by atoms with E-state index >= 15 is 0 Å². The number of hydrogen-bond donors (Lipinski definition) is 0. The van der Waals surface area contributed by atoms with Crippen molar-refractivity contribution in [1.82, 2.24) is 9.55 Å². The highest BCUT2D eigenvalue weighted by Gasteiger charge is 2.49. The van der Waals surface area contributed by atoms with Crippen LogP contribution in [-0.2, 0) is 0 Å². The molecule has 3 aromatic carbocycles. The van der Waals surface area contributed by atoms with Crippen LogP contribution in [0, 0.1) is 6.92 Å². The maximum atomic E-state index is 14.1. The fourth-order valence-corrected chi connectivity index (χ4v) is 6.07. The van der Waals surface area contributed by atoms with Gasteiger partial charge >= 0.3 is 0 Å². The van der Waals surface area contributed by atoms with Crippen LogP contribution >= 0.6 is 23.2 Å². The number of imidazole rings is 1. The normalized spacial score (nSPS) is 15.4. The van der Waals surface area contributed by atoms with Gasteiger partial charge in [-0.1, -0.05) is 35.3 Å². The summed E-state index contributed by atoms with van der Waals surface area (Å²) in [6.45, 7) is 6.08. The predicted octanol–water partition coefficient (Wildman–Crippen LogP) is 7.30. The Morgan fingerprint density at radius 2 is 1.84 bits per heavy atom. The molecule has 0 bridgehead atoms. The molecule has 2 aliphatic heterocycles. The second kappa shape index (κ2) is 8.47. The van der Waals surface area contributed by atoms with Gasteiger partial charge in [0.1, 0.15) is 23.9 Å². The zero-order chi connectivity index (χ0) is 26.2. The molecule has 6 nitrogen and oxygen atoms in total. The molecule has 1 unspecified atom stereocenters. The second-order valence-corrected chi connectivity index (χ2v) is 10.5. The summed E-state index contributed by atoms with van der Waals surface area (Å²) in [5.41, 5.74) is 6.65. The van der Waals surface area contributed by atoms with Crippen LogP contribution in [0.4, 0.5) is 5.69 Å². The minimum absolute atomic E-state index is 0.0406. The van der Waals surface area contributed by atoms with E-state index < -0.39 is 6.04 Å². The van der Waals surface area contributed by atoms with Gasteiger partial charge in [-0.2, -0.15) is 0 Å². The van der Waals surface area contributed by atoms with E-state index in [2.05, 4.69) is 18.4 Å². The quantitative estimate of drug-likeness (QED) is 0.259. The molecule has 0 saturated heterocycles. The number of amides is 1. The van der Waals surface area contributed by atoms with Crippen LogP contribution < -0.4 is 9.64 Å². The molecular weight excluding hydrogens is 509 g/mol. The molecule has 0 spiro atoms. The Morgan fingerprint density at radius 3 is 2.54 bits per heavy atom. The Morgan fingerprint density at radius 1 is 1.05 bits per heavy atom. The first kappa shape index (κ1) is 23.8. The zero-order valence-electron chi connectivity index (χ0n) is 20.7. The monoisotopic (exact) mass is 531 g/mol. The highest BCUT2D eigenvalue weighted by molar-refractivity contribution is 6.35. The fraction of sp³-hybridized carbons (Fsp3) is 0.207. The first-order valence-electron chi connectivity index (χ1n) is 11.9. The number of halogens is 2. The van der Waals surface area contributed by atoms with Crippen molar-refractivity contribution in [2.24, 2.45) is 0 Å². The topological polar surface area (TPSA) is 64.4 Å². The highest BCUT2D eigenvalue weighted by atomic mass is 35.5. The zero-order valence-corrected chi connectivity index (χ0v) is 22.2. The Kier molecular flexibility index (Phi) is 5.44. The highest BCUT2D eigenvalue weighted by Crippen LogP contribution is 2.56. The predicted molar refractivity (Wildman–Crippen MR) is 145 cm³/mol. The fourth-order valence-electron chi connectivity index (χ4n) is 5.64. The van der Waals surface area contributed by atoms with Gasteiger partial charge in [0.2, 0.25) is 0 Å². The van der Waals surface area contributed by atoms with Crippen LogP contribution in [-0.4, -0.2) is 28.9 Å². The van der Waals surface area contributed by atoms with Gasteiger partial charge in [0.25, 0.3) is 5.91 Å². The van der Waals surface area contributed by atoms with E-state index in [1.807, 2.05) is 42.2 Å². The maximum Gasteiger partial charge on any atom is 0.279 e. The number of aryl methyl sites for hydroxylation is 1. The van der Waals surface area contributed by atoms with Crippen molar-refractivity contribution in [3.63, 3.8) is 0 Å². The van der Waals surface area contributed by atoms with Crippen molar-refractivity contribution in [2.45, 2.75) is 32.9 Å². The summed E-state index contributed by atoms with van der Waals surface area (Å²) in [5.74, 6) is 0.959. The van der Waals surface area contributed by atoms with Crippen LogP contribution in [0.1, 0.15) is 63.6 Å². The lowest BCUT2D eigenvalue weighted by molar-refractivity contribution is 0.0988. The summed E-state index contributed by atoms with van der Waals surface area (Å²) < 4.78 is 7.70. The summed E-state index contributed by atoms with van der Waals surface area (Å²) in [6, 6.07) is 14.2. The molecule has 186 valence electrons. The minimum Gasteiger partial charge on any atom is -0.496 e. The Balaban J connectivity index is 1.69. The van der Waals surface area contributed by atoms with Crippen LogP contribution in [0.25, 0.3) is 22.5 Å². The van der Waals surface area contributed by atoms with E-state index in [0.29, 0.717) is 38.4 Å². The number of ether oxygens (including phenoxy) is 1. The van der Waals surface area contributed by atoms with Gasteiger partial charge in [-0.15, -0.1) is 0 Å². The van der Waals surface area contributed by atoms with E-state index in [0.717, 1.165) is 39.9 Å². The van der Waals surface area contributed by atoms with Crippen LogP contribution in [0.3, 0.4) is 0 Å². The molecule has 4 aromatic rings. The molecule has 2 aliphatic rings. The van der Waals surface area contributed by atoms with Crippen molar-refractivity contribution in [2.75, 3.05) is 12.0 Å². The van der Waals surface area contributed by atoms with Gasteiger partial charge in [-0.3, -0.25) is 14.5 Å². The van der Waals surface area contributed by atoms with Gasteiger partial charge in [0.15, 0.2) is 5.69 Å². The van der Waals surface area contributed by atoms with Crippen molar-refractivity contribution in [3.05, 3.63) is 86.7 Å². The number of aldehydes is 1. The van der Waals surface area contributed by atoms with Gasteiger partial charge < -0.3 is 9.30 Å². The average molecular weight is 532 g/mol. The summed E-state index contributed by atoms with van der Waals surface area (Å²) in [4.78, 5) is 32.4. The lowest BCUT2D eigenvalue weighted by Crippen LogP contribution is -2.34. The minimum atomic E-state index is -0.414. The summed E-state index contributed by atoms with van der Waals surface area (Å²) in [7, 11) is 1.58. The maximum absolute atomic E-state index is 14.1. The number of anilines is 1. The van der Waals surface area contributed by atoms with Gasteiger partial charge in [-0.25, -0.2) is 4.98 Å². The summed E-state index contributed by atoms with van der Waals surface area (Å²) >= 11 is 13.2. The molecule has 0 aliphatic carbocycles. The number of fused-ring (bicyclic) bond motifs is 8. The van der Waals surface area contributed by atoms with Crippen molar-refractivity contribution < 1.29 is 14.3 Å². The third-order valence-corrected chi connectivity index (χ3v) is 7.70. The molecule has 1 amide bonds. The molecule has 0 N–H and O–H groups in total. The third-order valence-electron chi connectivity index (χ3n) is 7.15. The lowest BCUT2D eigenvalue weighted by Gasteiger charge is -2.37. The van der Waals surface area contributed by atoms with Crippen LogP contribution in [0.2, 0.25) is 10.0 Å². The number of hydrogen-bond acceptors (Lipinski definition) is 4. The molecule has 0 fully saturated rings. The molecule has 8 heteroatoms. The van der Waals surface area contributed by atoms with Gasteiger partial charge in [0, 0.05) is 22.2 Å². The Labute approximate surface area is 224 Å². The number of methoxy groups -OCH3 is 1.